The third-order valence-electron chi connectivity index (χ3n) is 3.98. The second-order valence-corrected chi connectivity index (χ2v) is 5.71. The van der Waals surface area contributed by atoms with E-state index in [0.717, 1.165) is 32.4 Å². The first kappa shape index (κ1) is 22.0. The number of nitrogens with one attached hydrogen (secondary N) is 1. The summed E-state index contributed by atoms with van der Waals surface area (Å²) in [5, 5.41) is 2.20. The van der Waals surface area contributed by atoms with Crippen LogP contribution in [0.4, 0.5) is 8.78 Å². The van der Waals surface area contributed by atoms with Crippen molar-refractivity contribution in [2.75, 3.05) is 14.2 Å². The number of amides is 2. The summed E-state index contributed by atoms with van der Waals surface area (Å²) in [7, 11) is 2.06. The zero-order valence-electron chi connectivity index (χ0n) is 15.0. The number of ether oxygens (including phenoxy) is 2. The number of halogens is 2. The van der Waals surface area contributed by atoms with E-state index in [0.29, 0.717) is 0 Å². The van der Waals surface area contributed by atoms with Crippen molar-refractivity contribution in [1.29, 1.82) is 0 Å². The number of hydrogen-bond acceptors (Lipinski definition) is 6. The third kappa shape index (κ3) is 5.47. The summed E-state index contributed by atoms with van der Waals surface area (Å²) in [6.45, 7) is 1.30. The van der Waals surface area contributed by atoms with Crippen molar-refractivity contribution in [3.05, 3.63) is 35.4 Å². The summed E-state index contributed by atoms with van der Waals surface area (Å²) < 4.78 is 36.4. The number of methoxy groups -OCH3 is 2. The van der Waals surface area contributed by atoms with Gasteiger partial charge in [-0.05, 0) is 12.1 Å². The quantitative estimate of drug-likeness (QED) is 0.481. The van der Waals surface area contributed by atoms with Crippen molar-refractivity contribution in [1.82, 2.24) is 5.32 Å². The van der Waals surface area contributed by atoms with Crippen molar-refractivity contribution in [3.8, 4) is 0 Å². The molecule has 27 heavy (non-hydrogen) atoms. The van der Waals surface area contributed by atoms with Crippen LogP contribution in [0.2, 0.25) is 0 Å². The molecule has 0 saturated heterocycles. The van der Waals surface area contributed by atoms with E-state index < -0.39 is 65.2 Å². The maximum atomic E-state index is 13.7. The molecule has 2 atom stereocenters. The van der Waals surface area contributed by atoms with Gasteiger partial charge in [-0.15, -0.1) is 0 Å². The van der Waals surface area contributed by atoms with Crippen LogP contribution in [0.15, 0.2) is 18.2 Å². The van der Waals surface area contributed by atoms with Gasteiger partial charge in [0.1, 0.15) is 17.7 Å². The molecule has 2 amide bonds. The molecule has 1 aromatic rings. The summed E-state index contributed by atoms with van der Waals surface area (Å²) in [6.07, 6.45) is -0.712. The molecule has 148 valence electrons. The van der Waals surface area contributed by atoms with Crippen LogP contribution in [-0.4, -0.2) is 44.0 Å². The van der Waals surface area contributed by atoms with Gasteiger partial charge >= 0.3 is 11.9 Å². The van der Waals surface area contributed by atoms with Gasteiger partial charge in [-0.2, -0.15) is 0 Å². The minimum atomic E-state index is -1.54. The molecule has 0 aliphatic heterocycles. The van der Waals surface area contributed by atoms with E-state index in [-0.39, 0.29) is 0 Å². The van der Waals surface area contributed by atoms with E-state index in [1.807, 2.05) is 0 Å². The Morgan fingerprint density at radius 3 is 1.96 bits per heavy atom. The largest absolute Gasteiger partial charge is 0.468 e. The number of rotatable bonds is 8. The zero-order chi connectivity index (χ0) is 20.7. The lowest BCUT2D eigenvalue weighted by atomic mass is 9.86. The molecule has 1 aromatic carbocycles. The van der Waals surface area contributed by atoms with Crippen molar-refractivity contribution < 1.29 is 37.4 Å². The van der Waals surface area contributed by atoms with E-state index in [1.54, 1.807) is 0 Å². The zero-order valence-corrected chi connectivity index (χ0v) is 15.0. The first-order valence-corrected chi connectivity index (χ1v) is 7.81. The van der Waals surface area contributed by atoms with Gasteiger partial charge in [0, 0.05) is 11.5 Å². The molecule has 0 unspecified atom stereocenters. The van der Waals surface area contributed by atoms with Gasteiger partial charge < -0.3 is 20.5 Å². The van der Waals surface area contributed by atoms with Crippen LogP contribution in [0.1, 0.15) is 12.5 Å². The van der Waals surface area contributed by atoms with Crippen LogP contribution in [0.25, 0.3) is 0 Å². The lowest BCUT2D eigenvalue weighted by molar-refractivity contribution is -0.162. The molecule has 0 heterocycles. The molecule has 0 radical (unpaired) electrons. The highest BCUT2D eigenvalue weighted by Gasteiger charge is 2.41. The fraction of sp³-hybridized carbons (Fsp3) is 0.412. The minimum Gasteiger partial charge on any atom is -0.468 e. The van der Waals surface area contributed by atoms with Gasteiger partial charge in [-0.25, -0.2) is 8.78 Å². The van der Waals surface area contributed by atoms with E-state index in [2.05, 4.69) is 14.8 Å². The second kappa shape index (κ2) is 9.60. The molecule has 0 bridgehead atoms. The van der Waals surface area contributed by atoms with Crippen LogP contribution in [0.5, 0.6) is 0 Å². The molecule has 8 nitrogen and oxygen atoms in total. The van der Waals surface area contributed by atoms with Gasteiger partial charge in [0.25, 0.3) is 0 Å². The standard InChI is InChI=1S/C17H20F2N2O6/c1-8(13(16(24)26-2)17(25)27-3)14(15(20)23)21-12(22)7-9-10(18)5-4-6-11(9)19/h4-6,8,13-14H,7H2,1-3H3,(H2,20,23)(H,21,22)/t8-,14-/m1/s1. The number of carbonyl (C=O) groups excluding carboxylic acids is 4. The molecule has 0 aromatic heterocycles. The lowest BCUT2D eigenvalue weighted by Gasteiger charge is -2.26. The predicted molar refractivity (Wildman–Crippen MR) is 87.9 cm³/mol. The monoisotopic (exact) mass is 386 g/mol. The van der Waals surface area contributed by atoms with Crippen LogP contribution in [0.3, 0.4) is 0 Å². The van der Waals surface area contributed by atoms with Gasteiger partial charge in [0.15, 0.2) is 5.92 Å². The number of carbonyl (C=O) groups is 4. The fourth-order valence-corrected chi connectivity index (χ4v) is 2.52. The van der Waals surface area contributed by atoms with Crippen molar-refractivity contribution in [2.45, 2.75) is 19.4 Å². The Morgan fingerprint density at radius 1 is 1.07 bits per heavy atom. The molecule has 0 aliphatic carbocycles. The summed E-state index contributed by atoms with van der Waals surface area (Å²) in [4.78, 5) is 47.6. The molecule has 3 N–H and O–H groups in total. The first-order valence-electron chi connectivity index (χ1n) is 7.81. The SMILES string of the molecule is COC(=O)C(C(=O)OC)[C@@H](C)[C@@H](NC(=O)Cc1c(F)cccc1F)C(N)=O. The third-order valence-corrected chi connectivity index (χ3v) is 3.98. The lowest BCUT2D eigenvalue weighted by Crippen LogP contribution is -2.53. The van der Waals surface area contributed by atoms with E-state index in [4.69, 9.17) is 5.73 Å². The molecule has 0 spiro atoms. The summed E-state index contributed by atoms with van der Waals surface area (Å²) in [6, 6.07) is 1.60. The molecule has 1 rings (SSSR count). The molecule has 0 aliphatic rings. The number of benzene rings is 1. The Labute approximate surface area is 154 Å². The Bertz CT molecular complexity index is 704. The Balaban J connectivity index is 3.03. The molecule has 0 fully saturated rings. The highest BCUT2D eigenvalue weighted by molar-refractivity contribution is 5.97. The Hall–Kier alpha value is -3.04. The van der Waals surface area contributed by atoms with E-state index in [9.17, 15) is 28.0 Å². The summed E-state index contributed by atoms with van der Waals surface area (Å²) in [5.41, 5.74) is 4.76. The maximum Gasteiger partial charge on any atom is 0.320 e. The highest BCUT2D eigenvalue weighted by Crippen LogP contribution is 2.20. The van der Waals surface area contributed by atoms with Crippen LogP contribution in [0, 0.1) is 23.5 Å². The smallest absolute Gasteiger partial charge is 0.320 e. The average Bonchev–Trinajstić information content (AvgIpc) is 2.62. The number of primary amides is 1. The minimum absolute atomic E-state index is 0.497. The van der Waals surface area contributed by atoms with Crippen LogP contribution in [-0.2, 0) is 35.1 Å². The van der Waals surface area contributed by atoms with Crippen LogP contribution >= 0.6 is 0 Å². The molecular weight excluding hydrogens is 366 g/mol. The Kier molecular flexibility index (Phi) is 7.82. The van der Waals surface area contributed by atoms with E-state index >= 15 is 0 Å². The number of esters is 2. The topological polar surface area (TPSA) is 125 Å². The van der Waals surface area contributed by atoms with Gasteiger partial charge in [-0.3, -0.25) is 19.2 Å². The van der Waals surface area contributed by atoms with Crippen molar-refractivity contribution >= 4 is 23.8 Å². The van der Waals surface area contributed by atoms with Gasteiger partial charge in [0.2, 0.25) is 11.8 Å². The maximum absolute atomic E-state index is 13.7. The number of hydrogen-bond donors (Lipinski definition) is 2. The van der Waals surface area contributed by atoms with Crippen LogP contribution < -0.4 is 11.1 Å². The first-order chi connectivity index (χ1) is 12.6. The second-order valence-electron chi connectivity index (χ2n) is 5.71. The highest BCUT2D eigenvalue weighted by atomic mass is 19.1. The van der Waals surface area contributed by atoms with Crippen molar-refractivity contribution in [2.24, 2.45) is 17.6 Å². The van der Waals surface area contributed by atoms with Gasteiger partial charge in [0.05, 0.1) is 20.6 Å². The fourth-order valence-electron chi connectivity index (χ4n) is 2.52. The Morgan fingerprint density at radius 2 is 1.56 bits per heavy atom. The summed E-state index contributed by atoms with van der Waals surface area (Å²) >= 11 is 0. The van der Waals surface area contributed by atoms with Crippen molar-refractivity contribution in [3.63, 3.8) is 0 Å². The molecule has 0 saturated carbocycles. The predicted octanol–water partition coefficient (Wildman–Crippen LogP) is 0.0757. The molecular formula is C17H20F2N2O6. The summed E-state index contributed by atoms with van der Waals surface area (Å²) in [5.74, 6) is -8.51. The molecule has 10 heteroatoms. The van der Waals surface area contributed by atoms with Gasteiger partial charge in [-0.1, -0.05) is 13.0 Å². The normalized spacial score (nSPS) is 12.8. The van der Waals surface area contributed by atoms with E-state index in [1.165, 1.54) is 6.92 Å². The number of nitrogens with two attached hydrogens (primary N) is 1. The average molecular weight is 386 g/mol.